The fraction of sp³-hybridized carbons (Fsp3) is 0.818. The maximum absolute atomic E-state index is 8.59. The van der Waals surface area contributed by atoms with E-state index >= 15 is 0 Å². The van der Waals surface area contributed by atoms with Gasteiger partial charge in [-0.2, -0.15) is 4.98 Å². The Labute approximate surface area is 95.8 Å². The molecule has 0 aliphatic carbocycles. The molecule has 1 aromatic heterocycles. The lowest BCUT2D eigenvalue weighted by molar-refractivity contribution is 0.196. The number of hydrogen-bond acceptors (Lipinski definition) is 5. The van der Waals surface area contributed by atoms with Crippen molar-refractivity contribution in [1.82, 2.24) is 10.1 Å². The monoisotopic (exact) mass is 228 g/mol. The molecule has 0 bridgehead atoms. The third kappa shape index (κ3) is 4.18. The molecule has 0 saturated heterocycles. The first-order valence-corrected chi connectivity index (χ1v) is 5.62. The van der Waals surface area contributed by atoms with Crippen molar-refractivity contribution in [1.29, 1.82) is 0 Å². The molecule has 1 heterocycles. The SMILES string of the molecule is CC(C)(C)c1noc(OCCCCCO)n1. The third-order valence-electron chi connectivity index (χ3n) is 2.11. The Morgan fingerprint density at radius 1 is 1.25 bits per heavy atom. The van der Waals surface area contributed by atoms with Gasteiger partial charge in [-0.15, -0.1) is 0 Å². The molecular weight excluding hydrogens is 208 g/mol. The summed E-state index contributed by atoms with van der Waals surface area (Å²) in [5, 5.41) is 12.4. The van der Waals surface area contributed by atoms with E-state index in [9.17, 15) is 0 Å². The minimum atomic E-state index is -0.123. The van der Waals surface area contributed by atoms with Crippen LogP contribution in [0.4, 0.5) is 0 Å². The molecule has 0 radical (unpaired) electrons. The van der Waals surface area contributed by atoms with E-state index in [1.54, 1.807) is 0 Å². The molecule has 0 unspecified atom stereocenters. The lowest BCUT2D eigenvalue weighted by Crippen LogP contribution is -2.13. The van der Waals surface area contributed by atoms with Crippen molar-refractivity contribution >= 4 is 0 Å². The van der Waals surface area contributed by atoms with Crippen LogP contribution in [0.2, 0.25) is 0 Å². The number of ether oxygens (including phenoxy) is 1. The molecule has 0 amide bonds. The Morgan fingerprint density at radius 2 is 2.00 bits per heavy atom. The molecule has 0 aliphatic heterocycles. The molecule has 5 heteroatoms. The molecule has 16 heavy (non-hydrogen) atoms. The van der Waals surface area contributed by atoms with Gasteiger partial charge in [-0.05, 0) is 19.3 Å². The summed E-state index contributed by atoms with van der Waals surface area (Å²) in [6, 6.07) is 0. The summed E-state index contributed by atoms with van der Waals surface area (Å²) in [5.74, 6) is 0.651. The predicted octanol–water partition coefficient (Wildman–Crippen LogP) is 1.91. The van der Waals surface area contributed by atoms with Gasteiger partial charge in [0, 0.05) is 12.0 Å². The van der Waals surface area contributed by atoms with E-state index in [1.165, 1.54) is 0 Å². The average molecular weight is 228 g/mol. The first kappa shape index (κ1) is 13.0. The molecule has 5 nitrogen and oxygen atoms in total. The Morgan fingerprint density at radius 3 is 2.56 bits per heavy atom. The largest absolute Gasteiger partial charge is 0.449 e. The lowest BCUT2D eigenvalue weighted by Gasteiger charge is -2.10. The van der Waals surface area contributed by atoms with Crippen molar-refractivity contribution in [3.05, 3.63) is 5.82 Å². The Kier molecular flexibility index (Phi) is 4.73. The zero-order chi connectivity index (χ0) is 12.0. The molecule has 1 rings (SSSR count). The average Bonchev–Trinajstić information content (AvgIpc) is 2.65. The normalized spacial score (nSPS) is 11.8. The Balaban J connectivity index is 2.30. The smallest absolute Gasteiger partial charge is 0.417 e. The zero-order valence-corrected chi connectivity index (χ0v) is 10.2. The van der Waals surface area contributed by atoms with Crippen LogP contribution in [0.3, 0.4) is 0 Å². The van der Waals surface area contributed by atoms with Crippen LogP contribution >= 0.6 is 0 Å². The van der Waals surface area contributed by atoms with Crippen molar-refractivity contribution < 1.29 is 14.4 Å². The fourth-order valence-electron chi connectivity index (χ4n) is 1.12. The number of rotatable bonds is 6. The van der Waals surface area contributed by atoms with Gasteiger partial charge in [0.25, 0.3) is 0 Å². The summed E-state index contributed by atoms with van der Waals surface area (Å²) in [7, 11) is 0. The van der Waals surface area contributed by atoms with Gasteiger partial charge >= 0.3 is 6.08 Å². The van der Waals surface area contributed by atoms with Gasteiger partial charge in [0.2, 0.25) is 0 Å². The first-order valence-electron chi connectivity index (χ1n) is 5.62. The van der Waals surface area contributed by atoms with Crippen molar-refractivity contribution in [3.63, 3.8) is 0 Å². The van der Waals surface area contributed by atoms with Crippen LogP contribution in [0.5, 0.6) is 6.08 Å². The van der Waals surface area contributed by atoms with Crippen molar-refractivity contribution in [3.8, 4) is 6.08 Å². The van der Waals surface area contributed by atoms with Gasteiger partial charge in [0.05, 0.1) is 6.61 Å². The van der Waals surface area contributed by atoms with Crippen LogP contribution in [0.25, 0.3) is 0 Å². The topological polar surface area (TPSA) is 68.4 Å². The van der Waals surface area contributed by atoms with Crippen molar-refractivity contribution in [2.45, 2.75) is 45.4 Å². The number of aromatic nitrogens is 2. The van der Waals surface area contributed by atoms with E-state index in [0.717, 1.165) is 19.3 Å². The highest BCUT2D eigenvalue weighted by molar-refractivity contribution is 5.01. The number of hydrogen-bond donors (Lipinski definition) is 1. The number of aliphatic hydroxyl groups is 1. The van der Waals surface area contributed by atoms with Crippen LogP contribution in [0.1, 0.15) is 45.9 Å². The minimum Gasteiger partial charge on any atom is -0.449 e. The van der Waals surface area contributed by atoms with E-state index in [4.69, 9.17) is 14.4 Å². The summed E-state index contributed by atoms with van der Waals surface area (Å²) in [5.41, 5.74) is -0.123. The van der Waals surface area contributed by atoms with E-state index in [1.807, 2.05) is 20.8 Å². The second-order valence-electron chi connectivity index (χ2n) is 4.77. The molecule has 0 fully saturated rings. The maximum atomic E-state index is 8.59. The summed E-state index contributed by atoms with van der Waals surface area (Å²) in [6.45, 7) is 6.83. The molecular formula is C11H20N2O3. The van der Waals surface area contributed by atoms with Gasteiger partial charge in [0.1, 0.15) is 0 Å². The molecule has 92 valence electrons. The predicted molar refractivity (Wildman–Crippen MR) is 59.4 cm³/mol. The van der Waals surface area contributed by atoms with E-state index in [0.29, 0.717) is 12.4 Å². The van der Waals surface area contributed by atoms with Crippen LogP contribution in [0, 0.1) is 0 Å². The quantitative estimate of drug-likeness (QED) is 0.753. The zero-order valence-electron chi connectivity index (χ0n) is 10.2. The molecule has 0 saturated carbocycles. The highest BCUT2D eigenvalue weighted by Gasteiger charge is 2.21. The summed E-state index contributed by atoms with van der Waals surface area (Å²) in [4.78, 5) is 4.15. The highest BCUT2D eigenvalue weighted by Crippen LogP contribution is 2.20. The molecule has 0 aliphatic rings. The lowest BCUT2D eigenvalue weighted by atomic mass is 9.96. The molecule has 0 atom stereocenters. The van der Waals surface area contributed by atoms with Crippen LogP contribution < -0.4 is 4.74 Å². The van der Waals surface area contributed by atoms with Gasteiger partial charge in [-0.1, -0.05) is 25.9 Å². The number of unbranched alkanes of at least 4 members (excludes halogenated alkanes) is 2. The molecule has 1 aromatic rings. The number of aliphatic hydroxyl groups excluding tert-OH is 1. The van der Waals surface area contributed by atoms with Gasteiger partial charge in [-0.3, -0.25) is 4.52 Å². The molecule has 0 aromatic carbocycles. The maximum Gasteiger partial charge on any atom is 0.417 e. The number of nitrogens with zero attached hydrogens (tertiary/aromatic N) is 2. The third-order valence-corrected chi connectivity index (χ3v) is 2.11. The van der Waals surface area contributed by atoms with Crippen LogP contribution in [0.15, 0.2) is 4.52 Å². The van der Waals surface area contributed by atoms with Crippen molar-refractivity contribution in [2.24, 2.45) is 0 Å². The summed E-state index contributed by atoms with van der Waals surface area (Å²) < 4.78 is 10.3. The molecule has 0 spiro atoms. The highest BCUT2D eigenvalue weighted by atomic mass is 16.6. The molecule has 1 N–H and O–H groups in total. The van der Waals surface area contributed by atoms with Gasteiger partial charge in [-0.25, -0.2) is 0 Å². The fourth-order valence-corrected chi connectivity index (χ4v) is 1.12. The standard InChI is InChI=1S/C11H20N2O3/c1-11(2,3)9-12-10(16-13-9)15-8-6-4-5-7-14/h14H,4-8H2,1-3H3. The van der Waals surface area contributed by atoms with Crippen LogP contribution in [-0.2, 0) is 5.41 Å². The second-order valence-corrected chi connectivity index (χ2v) is 4.77. The van der Waals surface area contributed by atoms with Gasteiger partial charge < -0.3 is 9.84 Å². The van der Waals surface area contributed by atoms with E-state index in [-0.39, 0.29) is 18.1 Å². The van der Waals surface area contributed by atoms with Crippen molar-refractivity contribution in [2.75, 3.05) is 13.2 Å². The van der Waals surface area contributed by atoms with Crippen LogP contribution in [-0.4, -0.2) is 28.5 Å². The first-order chi connectivity index (χ1) is 7.54. The minimum absolute atomic E-state index is 0.123. The van der Waals surface area contributed by atoms with E-state index < -0.39 is 0 Å². The van der Waals surface area contributed by atoms with E-state index in [2.05, 4.69) is 10.1 Å². The Hall–Kier alpha value is -1.10. The summed E-state index contributed by atoms with van der Waals surface area (Å²) >= 11 is 0. The van der Waals surface area contributed by atoms with Gasteiger partial charge in [0.15, 0.2) is 5.82 Å². The Bertz CT molecular complexity index is 304. The summed E-state index contributed by atoms with van der Waals surface area (Å²) in [6.07, 6.45) is 2.86. The second kappa shape index (κ2) is 5.84.